The molecular formula is C21H39N5O5. The molecule has 0 bridgehead atoms. The maximum Gasteiger partial charge on any atom is 0.238 e. The molecule has 0 heterocycles. The highest BCUT2D eigenvalue weighted by atomic mass is 16.2. The lowest BCUT2D eigenvalue weighted by Crippen LogP contribution is -2.49. The van der Waals surface area contributed by atoms with E-state index in [2.05, 4.69) is 21.4 Å². The molecule has 0 fully saturated rings. The zero-order valence-corrected chi connectivity index (χ0v) is 19.1. The summed E-state index contributed by atoms with van der Waals surface area (Å²) in [4.78, 5) is 58.2. The number of unbranched alkanes of at least 4 members (excludes halogenated alkanes) is 4. The molecule has 0 aliphatic carbocycles. The summed E-state index contributed by atoms with van der Waals surface area (Å²) in [5.74, 6) is 3.69. The number of carbonyl (C=O) groups is 5. The zero-order chi connectivity index (χ0) is 23.6. The van der Waals surface area contributed by atoms with Crippen LogP contribution in [0.25, 0.3) is 0 Å². The minimum Gasteiger partial charge on any atom is -0.356 e. The largest absolute Gasteiger partial charge is 0.356 e. The predicted octanol–water partition coefficient (Wildman–Crippen LogP) is -0.246. The van der Waals surface area contributed by atoms with E-state index in [0.717, 1.165) is 32.1 Å². The summed E-state index contributed by atoms with van der Waals surface area (Å²) < 4.78 is 0. The molecule has 0 aromatic carbocycles. The monoisotopic (exact) mass is 441 g/mol. The van der Waals surface area contributed by atoms with Gasteiger partial charge in [0.05, 0.1) is 25.7 Å². The Labute approximate surface area is 184 Å². The summed E-state index contributed by atoms with van der Waals surface area (Å²) in [6, 6.07) is -0.629. The Kier molecular flexibility index (Phi) is 16.3. The summed E-state index contributed by atoms with van der Waals surface area (Å²) in [6.45, 7) is 5.44. The van der Waals surface area contributed by atoms with Gasteiger partial charge in [-0.15, -0.1) is 0 Å². The Morgan fingerprint density at radius 2 is 1.42 bits per heavy atom. The number of hydrogen-bond donors (Lipinski definition) is 5. The summed E-state index contributed by atoms with van der Waals surface area (Å²) in [5, 5.41) is 7.84. The van der Waals surface area contributed by atoms with E-state index in [1.165, 1.54) is 6.92 Å². The van der Waals surface area contributed by atoms with Gasteiger partial charge >= 0.3 is 0 Å². The first-order chi connectivity index (χ1) is 14.7. The first kappa shape index (κ1) is 28.8. The van der Waals surface area contributed by atoms with Crippen molar-refractivity contribution in [2.24, 2.45) is 11.8 Å². The molecule has 0 aliphatic rings. The summed E-state index contributed by atoms with van der Waals surface area (Å²) in [7, 11) is 0. The van der Waals surface area contributed by atoms with Gasteiger partial charge in [-0.1, -0.05) is 33.1 Å². The van der Waals surface area contributed by atoms with Crippen molar-refractivity contribution in [1.82, 2.24) is 21.4 Å². The highest BCUT2D eigenvalue weighted by Gasteiger charge is 2.20. The molecule has 0 aromatic heterocycles. The van der Waals surface area contributed by atoms with Crippen molar-refractivity contribution in [3.63, 3.8) is 0 Å². The second-order valence-electron chi connectivity index (χ2n) is 8.06. The van der Waals surface area contributed by atoms with Gasteiger partial charge in [0.1, 0.15) is 5.78 Å². The molecule has 6 N–H and O–H groups in total. The number of hydrazine groups is 1. The van der Waals surface area contributed by atoms with Crippen molar-refractivity contribution in [1.29, 1.82) is 0 Å². The Hall–Kier alpha value is -2.17. The SMILES string of the molecule is CC(=O)NCCCCCCCC(=O)CNCC(=O)C(=O)CNC(=O)[C@H](CC(C)C)NN. The van der Waals surface area contributed by atoms with Gasteiger partial charge in [-0.25, -0.2) is 5.43 Å². The number of ketones is 3. The van der Waals surface area contributed by atoms with E-state index in [1.807, 2.05) is 13.8 Å². The van der Waals surface area contributed by atoms with Crippen LogP contribution in [-0.2, 0) is 24.0 Å². The van der Waals surface area contributed by atoms with Crippen molar-refractivity contribution < 1.29 is 24.0 Å². The molecule has 0 saturated carbocycles. The zero-order valence-electron chi connectivity index (χ0n) is 19.1. The lowest BCUT2D eigenvalue weighted by atomic mass is 10.0. The minimum atomic E-state index is -0.729. The maximum atomic E-state index is 12.0. The van der Waals surface area contributed by atoms with E-state index in [1.54, 1.807) is 0 Å². The smallest absolute Gasteiger partial charge is 0.238 e. The fraction of sp³-hybridized carbons (Fsp3) is 0.762. The molecular weight excluding hydrogens is 402 g/mol. The van der Waals surface area contributed by atoms with Gasteiger partial charge in [0.15, 0.2) is 0 Å². The van der Waals surface area contributed by atoms with Crippen LogP contribution < -0.4 is 27.2 Å². The summed E-state index contributed by atoms with van der Waals surface area (Å²) in [6.07, 6.45) is 5.54. The number of nitrogens with two attached hydrogens (primary N) is 1. The van der Waals surface area contributed by atoms with Crippen molar-refractivity contribution >= 4 is 29.2 Å². The lowest BCUT2D eigenvalue weighted by molar-refractivity contribution is -0.136. The van der Waals surface area contributed by atoms with Crippen LogP contribution in [0.5, 0.6) is 0 Å². The van der Waals surface area contributed by atoms with Crippen LogP contribution in [0.3, 0.4) is 0 Å². The molecule has 1 atom stereocenters. The van der Waals surface area contributed by atoms with Crippen molar-refractivity contribution in [2.75, 3.05) is 26.2 Å². The third kappa shape index (κ3) is 16.2. The fourth-order valence-corrected chi connectivity index (χ4v) is 2.86. The second kappa shape index (κ2) is 17.5. The molecule has 2 amide bonds. The molecule has 0 aromatic rings. The Balaban J connectivity index is 3.84. The number of carbonyl (C=O) groups excluding carboxylic acids is 5. The molecule has 0 aliphatic heterocycles. The van der Waals surface area contributed by atoms with Gasteiger partial charge in [0.25, 0.3) is 0 Å². The van der Waals surface area contributed by atoms with Crippen LogP contribution in [0, 0.1) is 5.92 Å². The minimum absolute atomic E-state index is 0.0163. The topological polar surface area (TPSA) is 159 Å². The number of rotatable bonds is 19. The van der Waals surface area contributed by atoms with E-state index in [4.69, 9.17) is 5.84 Å². The summed E-state index contributed by atoms with van der Waals surface area (Å²) in [5.41, 5.74) is 2.40. The first-order valence-corrected chi connectivity index (χ1v) is 10.9. The van der Waals surface area contributed by atoms with Gasteiger partial charge in [-0.3, -0.25) is 29.8 Å². The molecule has 0 saturated heterocycles. The normalized spacial score (nSPS) is 11.8. The summed E-state index contributed by atoms with van der Waals surface area (Å²) >= 11 is 0. The van der Waals surface area contributed by atoms with Crippen LogP contribution in [0.2, 0.25) is 0 Å². The van der Waals surface area contributed by atoms with Crippen LogP contribution in [0.1, 0.15) is 65.7 Å². The quantitative estimate of drug-likeness (QED) is 0.0794. The van der Waals surface area contributed by atoms with Gasteiger partial charge in [-0.05, 0) is 25.2 Å². The maximum absolute atomic E-state index is 12.0. The average molecular weight is 442 g/mol. The van der Waals surface area contributed by atoms with E-state index >= 15 is 0 Å². The molecule has 178 valence electrons. The Morgan fingerprint density at radius 3 is 2.03 bits per heavy atom. The van der Waals surface area contributed by atoms with Crippen LogP contribution >= 0.6 is 0 Å². The van der Waals surface area contributed by atoms with Gasteiger partial charge in [0.2, 0.25) is 23.4 Å². The number of nitrogens with one attached hydrogen (secondary N) is 4. The second-order valence-corrected chi connectivity index (χ2v) is 8.06. The van der Waals surface area contributed by atoms with E-state index < -0.39 is 30.1 Å². The molecule has 31 heavy (non-hydrogen) atoms. The molecule has 0 rings (SSSR count). The average Bonchev–Trinajstić information content (AvgIpc) is 2.71. The molecule has 0 radical (unpaired) electrons. The fourth-order valence-electron chi connectivity index (χ4n) is 2.86. The van der Waals surface area contributed by atoms with Gasteiger partial charge in [0, 0.05) is 19.9 Å². The molecule has 10 heteroatoms. The van der Waals surface area contributed by atoms with Crippen LogP contribution in [0.4, 0.5) is 0 Å². The molecule has 0 unspecified atom stereocenters. The third-order valence-electron chi connectivity index (χ3n) is 4.57. The predicted molar refractivity (Wildman–Crippen MR) is 118 cm³/mol. The van der Waals surface area contributed by atoms with Crippen molar-refractivity contribution in [2.45, 2.75) is 71.8 Å². The van der Waals surface area contributed by atoms with Crippen molar-refractivity contribution in [3.05, 3.63) is 0 Å². The lowest BCUT2D eigenvalue weighted by Gasteiger charge is -2.17. The number of hydrogen-bond acceptors (Lipinski definition) is 8. The highest BCUT2D eigenvalue weighted by Crippen LogP contribution is 2.05. The van der Waals surface area contributed by atoms with Crippen LogP contribution in [-0.4, -0.2) is 61.4 Å². The van der Waals surface area contributed by atoms with E-state index in [-0.39, 0.29) is 30.7 Å². The van der Waals surface area contributed by atoms with Crippen molar-refractivity contribution in [3.8, 4) is 0 Å². The number of amides is 2. The molecule has 10 nitrogen and oxygen atoms in total. The third-order valence-corrected chi connectivity index (χ3v) is 4.57. The van der Waals surface area contributed by atoms with E-state index in [9.17, 15) is 24.0 Å². The molecule has 0 spiro atoms. The van der Waals surface area contributed by atoms with Gasteiger partial charge in [-0.2, -0.15) is 0 Å². The van der Waals surface area contributed by atoms with Crippen LogP contribution in [0.15, 0.2) is 0 Å². The first-order valence-electron chi connectivity index (χ1n) is 10.9. The Bertz CT molecular complexity index is 595. The number of Topliss-reactive ketones (excluding diaryl/α,β-unsaturated/α-hetero) is 3. The van der Waals surface area contributed by atoms with Gasteiger partial charge < -0.3 is 16.0 Å². The highest BCUT2D eigenvalue weighted by molar-refractivity contribution is 6.39. The Morgan fingerprint density at radius 1 is 0.806 bits per heavy atom. The standard InChI is InChI=1S/C21H39N5O5/c1-15(2)11-18(26-22)21(31)25-14-20(30)19(29)13-23-12-17(28)9-7-5-4-6-8-10-24-16(3)27/h15,18,23,26H,4-14,22H2,1-3H3,(H,24,27)(H,25,31)/t18-/m0/s1. The van der Waals surface area contributed by atoms with E-state index in [0.29, 0.717) is 19.4 Å².